The fourth-order valence-corrected chi connectivity index (χ4v) is 2.85. The minimum absolute atomic E-state index is 0.0631. The monoisotopic (exact) mass is 426 g/mol. The number of carbonyl (C=O) groups excluding carboxylic acids is 2. The van der Waals surface area contributed by atoms with Crippen LogP contribution in [-0.2, 0) is 9.53 Å². The second-order valence-electron chi connectivity index (χ2n) is 6.32. The summed E-state index contributed by atoms with van der Waals surface area (Å²) in [6, 6.07) is 11.5. The molecule has 2 aromatic carbocycles. The van der Waals surface area contributed by atoms with Crippen LogP contribution in [0.1, 0.15) is 10.5 Å². The zero-order chi connectivity index (χ0) is 22.4. The molecule has 0 unspecified atom stereocenters. The van der Waals surface area contributed by atoms with Crippen LogP contribution in [0.2, 0.25) is 0 Å². The Morgan fingerprint density at radius 1 is 0.871 bits per heavy atom. The minimum atomic E-state index is -0.615. The third-order valence-electron chi connectivity index (χ3n) is 4.37. The molecule has 1 amide bonds. The summed E-state index contributed by atoms with van der Waals surface area (Å²) in [5.74, 6) is 0.912. The summed E-state index contributed by atoms with van der Waals surface area (Å²) in [6.07, 6.45) is 0. The number of methoxy groups -OCH3 is 4. The minimum Gasteiger partial charge on any atom is -0.497 e. The van der Waals surface area contributed by atoms with Gasteiger partial charge in [-0.3, -0.25) is 4.79 Å². The Labute approximate surface area is 178 Å². The first kappa shape index (κ1) is 21.7. The molecule has 0 fully saturated rings. The summed E-state index contributed by atoms with van der Waals surface area (Å²) >= 11 is 0. The van der Waals surface area contributed by atoms with Crippen LogP contribution in [0.4, 0.5) is 5.69 Å². The Morgan fingerprint density at radius 2 is 1.55 bits per heavy atom. The highest BCUT2D eigenvalue weighted by Crippen LogP contribution is 2.30. The van der Waals surface area contributed by atoms with Crippen molar-refractivity contribution < 1.29 is 33.3 Å². The van der Waals surface area contributed by atoms with Crippen molar-refractivity contribution >= 4 is 28.5 Å². The standard InChI is InChI=1S/C22H22N2O7/c1-27-14-5-6-18-17(10-14)20(11-19(24-18)22(26)30-4)31-12-21(25)23-13-7-15(28-2)9-16(8-13)29-3/h5-11H,12H2,1-4H3,(H,23,25). The van der Waals surface area contributed by atoms with Gasteiger partial charge in [-0.2, -0.15) is 0 Å². The quantitative estimate of drug-likeness (QED) is 0.548. The molecule has 31 heavy (non-hydrogen) atoms. The third-order valence-corrected chi connectivity index (χ3v) is 4.37. The second kappa shape index (κ2) is 9.66. The number of hydrogen-bond acceptors (Lipinski definition) is 8. The lowest BCUT2D eigenvalue weighted by Gasteiger charge is -2.13. The lowest BCUT2D eigenvalue weighted by molar-refractivity contribution is -0.118. The first-order valence-electron chi connectivity index (χ1n) is 9.20. The Balaban J connectivity index is 1.83. The zero-order valence-electron chi connectivity index (χ0n) is 17.6. The van der Waals surface area contributed by atoms with E-state index in [4.69, 9.17) is 23.7 Å². The van der Waals surface area contributed by atoms with Crippen molar-refractivity contribution in [2.75, 3.05) is 40.4 Å². The number of carbonyl (C=O) groups is 2. The number of benzene rings is 2. The Kier molecular flexibility index (Phi) is 6.76. The van der Waals surface area contributed by atoms with Crippen molar-refractivity contribution in [1.29, 1.82) is 0 Å². The van der Waals surface area contributed by atoms with Gasteiger partial charge in [0.15, 0.2) is 12.3 Å². The summed E-state index contributed by atoms with van der Waals surface area (Å²) in [4.78, 5) is 28.7. The summed E-state index contributed by atoms with van der Waals surface area (Å²) in [6.45, 7) is -0.309. The smallest absolute Gasteiger partial charge is 0.356 e. The number of anilines is 1. The third kappa shape index (κ3) is 5.13. The number of ether oxygens (including phenoxy) is 5. The summed E-state index contributed by atoms with van der Waals surface area (Å²) in [7, 11) is 5.84. The fraction of sp³-hybridized carbons (Fsp3) is 0.227. The van der Waals surface area contributed by atoms with Crippen molar-refractivity contribution in [3.8, 4) is 23.0 Å². The van der Waals surface area contributed by atoms with E-state index in [-0.39, 0.29) is 12.3 Å². The van der Waals surface area contributed by atoms with Crippen LogP contribution in [0.5, 0.6) is 23.0 Å². The molecule has 9 nitrogen and oxygen atoms in total. The van der Waals surface area contributed by atoms with Crippen molar-refractivity contribution in [3.63, 3.8) is 0 Å². The molecule has 3 rings (SSSR count). The van der Waals surface area contributed by atoms with Gasteiger partial charge in [0, 0.05) is 35.3 Å². The number of amides is 1. The second-order valence-corrected chi connectivity index (χ2v) is 6.32. The van der Waals surface area contributed by atoms with E-state index in [1.54, 1.807) is 36.4 Å². The molecular formula is C22H22N2O7. The van der Waals surface area contributed by atoms with Gasteiger partial charge >= 0.3 is 5.97 Å². The molecule has 0 bridgehead atoms. The average Bonchev–Trinajstić information content (AvgIpc) is 2.80. The molecule has 0 saturated carbocycles. The molecule has 9 heteroatoms. The number of fused-ring (bicyclic) bond motifs is 1. The van der Waals surface area contributed by atoms with Crippen LogP contribution in [0.3, 0.4) is 0 Å². The van der Waals surface area contributed by atoms with Gasteiger partial charge in [0.05, 0.1) is 34.0 Å². The summed E-state index contributed by atoms with van der Waals surface area (Å²) < 4.78 is 26.1. The van der Waals surface area contributed by atoms with E-state index in [0.29, 0.717) is 39.6 Å². The maximum Gasteiger partial charge on any atom is 0.356 e. The highest BCUT2D eigenvalue weighted by molar-refractivity contribution is 5.95. The van der Waals surface area contributed by atoms with Gasteiger partial charge in [0.1, 0.15) is 23.0 Å². The van der Waals surface area contributed by atoms with Crippen molar-refractivity contribution in [2.24, 2.45) is 0 Å². The molecule has 0 aliphatic carbocycles. The molecule has 0 aliphatic rings. The van der Waals surface area contributed by atoms with Crippen LogP contribution in [0.15, 0.2) is 42.5 Å². The first-order valence-corrected chi connectivity index (χ1v) is 9.20. The number of hydrogen-bond donors (Lipinski definition) is 1. The SMILES string of the molecule is COC(=O)c1cc(OCC(=O)Nc2cc(OC)cc(OC)c2)c2cc(OC)ccc2n1. The largest absolute Gasteiger partial charge is 0.497 e. The van der Waals surface area contributed by atoms with Gasteiger partial charge in [0.25, 0.3) is 5.91 Å². The van der Waals surface area contributed by atoms with E-state index in [9.17, 15) is 9.59 Å². The highest BCUT2D eigenvalue weighted by atomic mass is 16.5. The molecule has 162 valence electrons. The van der Waals surface area contributed by atoms with Gasteiger partial charge in [0.2, 0.25) is 0 Å². The molecule has 0 atom stereocenters. The molecule has 0 radical (unpaired) electrons. The lowest BCUT2D eigenvalue weighted by Crippen LogP contribution is -2.20. The maximum absolute atomic E-state index is 12.5. The van der Waals surface area contributed by atoms with Crippen molar-refractivity contribution in [3.05, 3.63) is 48.2 Å². The van der Waals surface area contributed by atoms with Gasteiger partial charge in [-0.25, -0.2) is 9.78 Å². The van der Waals surface area contributed by atoms with E-state index in [1.807, 2.05) is 0 Å². The van der Waals surface area contributed by atoms with Gasteiger partial charge in [-0.05, 0) is 18.2 Å². The summed E-state index contributed by atoms with van der Waals surface area (Å²) in [5.41, 5.74) is 1.05. The van der Waals surface area contributed by atoms with E-state index >= 15 is 0 Å². The molecule has 1 aromatic heterocycles. The van der Waals surface area contributed by atoms with Crippen LogP contribution in [-0.4, -0.2) is 51.9 Å². The van der Waals surface area contributed by atoms with Crippen LogP contribution >= 0.6 is 0 Å². The number of esters is 1. The topological polar surface area (TPSA) is 105 Å². The first-order chi connectivity index (χ1) is 15.0. The van der Waals surface area contributed by atoms with Gasteiger partial charge in [-0.15, -0.1) is 0 Å². The van der Waals surface area contributed by atoms with E-state index in [1.165, 1.54) is 34.5 Å². The predicted octanol–water partition coefficient (Wildman–Crippen LogP) is 3.06. The number of nitrogens with zero attached hydrogens (tertiary/aromatic N) is 1. The van der Waals surface area contributed by atoms with Crippen LogP contribution < -0.4 is 24.3 Å². The Hall–Kier alpha value is -4.01. The Bertz CT molecular complexity index is 1090. The van der Waals surface area contributed by atoms with Crippen molar-refractivity contribution in [1.82, 2.24) is 4.98 Å². The van der Waals surface area contributed by atoms with Crippen molar-refractivity contribution in [2.45, 2.75) is 0 Å². The Morgan fingerprint density at radius 3 is 2.16 bits per heavy atom. The number of nitrogens with one attached hydrogen (secondary N) is 1. The zero-order valence-corrected chi connectivity index (χ0v) is 17.6. The molecule has 0 saturated heterocycles. The van der Waals surface area contributed by atoms with Gasteiger partial charge in [-0.1, -0.05) is 0 Å². The van der Waals surface area contributed by atoms with Crippen LogP contribution in [0.25, 0.3) is 10.9 Å². The molecule has 1 heterocycles. The fourth-order valence-electron chi connectivity index (χ4n) is 2.85. The van der Waals surface area contributed by atoms with Crippen LogP contribution in [0, 0.1) is 0 Å². The maximum atomic E-state index is 12.5. The normalized spacial score (nSPS) is 10.3. The molecule has 0 aliphatic heterocycles. The van der Waals surface area contributed by atoms with Gasteiger partial charge < -0.3 is 29.0 Å². The molecule has 0 spiro atoms. The molecule has 3 aromatic rings. The molecule has 1 N–H and O–H groups in total. The number of aromatic nitrogens is 1. The number of pyridine rings is 1. The molecular weight excluding hydrogens is 404 g/mol. The highest BCUT2D eigenvalue weighted by Gasteiger charge is 2.15. The lowest BCUT2D eigenvalue weighted by atomic mass is 10.1. The van der Waals surface area contributed by atoms with E-state index in [2.05, 4.69) is 10.3 Å². The average molecular weight is 426 g/mol. The predicted molar refractivity (Wildman–Crippen MR) is 113 cm³/mol. The number of rotatable bonds is 8. The van der Waals surface area contributed by atoms with E-state index < -0.39 is 11.9 Å². The van der Waals surface area contributed by atoms with E-state index in [0.717, 1.165) is 0 Å². The summed E-state index contributed by atoms with van der Waals surface area (Å²) in [5, 5.41) is 3.31.